The third-order valence-electron chi connectivity index (χ3n) is 3.66. The molecule has 0 unspecified atom stereocenters. The average Bonchev–Trinajstić information content (AvgIpc) is 3.18. The molecule has 124 valence electrons. The molecule has 3 nitrogen and oxygen atoms in total. The number of likely N-dealkylation sites (N-methyl/N-ethyl adjacent to an activating group) is 1. The number of nitrogens with zero attached hydrogens (tertiary/aromatic N) is 3. The summed E-state index contributed by atoms with van der Waals surface area (Å²) in [6, 6.07) is 5.31. The first-order valence-electron chi connectivity index (χ1n) is 15.2. The Morgan fingerprint density at radius 1 is 1.29 bits per heavy atom. The van der Waals surface area contributed by atoms with Crippen LogP contribution in [0.4, 0.5) is 0 Å². The van der Waals surface area contributed by atoms with Crippen molar-refractivity contribution in [1.82, 2.24) is 14.5 Å². The van der Waals surface area contributed by atoms with E-state index in [9.17, 15) is 0 Å². The van der Waals surface area contributed by atoms with Gasteiger partial charge < -0.3 is 9.47 Å². The first-order chi connectivity index (χ1) is 17.8. The molecule has 0 amide bonds. The first kappa shape index (κ1) is 5.70. The number of rotatable bonds is 3. The molecule has 1 aliphatic rings. The topological polar surface area (TPSA) is 21.1 Å². The Morgan fingerprint density at radius 3 is 3.04 bits per heavy atom. The average molecular weight is 336 g/mol. The van der Waals surface area contributed by atoms with Crippen molar-refractivity contribution in [2.24, 2.45) is 0 Å². The minimum atomic E-state index is -3.26. The molecule has 3 aromatic rings. The van der Waals surface area contributed by atoms with Crippen LogP contribution in [0.3, 0.4) is 0 Å². The van der Waals surface area contributed by atoms with Gasteiger partial charge in [-0.05, 0) is 56.5 Å². The van der Waals surface area contributed by atoms with Crippen molar-refractivity contribution < 1.29 is 21.9 Å². The van der Waals surface area contributed by atoms with Crippen LogP contribution in [0.1, 0.15) is 50.0 Å². The van der Waals surface area contributed by atoms with E-state index in [1.807, 2.05) is 0 Å². The lowest BCUT2D eigenvalue weighted by molar-refractivity contribution is 0.309. The fourth-order valence-electron chi connectivity index (χ4n) is 2.56. The summed E-state index contributed by atoms with van der Waals surface area (Å²) in [6.07, 6.45) is -5.35. The highest BCUT2D eigenvalue weighted by molar-refractivity contribution is 5.86. The second-order valence-electron chi connectivity index (χ2n) is 5.37. The standard InChI is InChI=1S/C21H25N3/c1-15-4-7-20-18(12-15)19-14-23(3)10-9-21(19)24(20)11-8-17-6-5-16(2)22-13-17/h4-7,12-13H,8-11,14H2,1-3H3/i1D3,2D3,8D2,9D2,10D2,11D2,14D2. The minimum Gasteiger partial charge on any atom is -0.344 e. The van der Waals surface area contributed by atoms with Gasteiger partial charge in [-0.15, -0.1) is 0 Å². The molecule has 0 aliphatic carbocycles. The van der Waals surface area contributed by atoms with Gasteiger partial charge in [-0.2, -0.15) is 0 Å². The van der Waals surface area contributed by atoms with Gasteiger partial charge in [0.25, 0.3) is 0 Å². The highest BCUT2D eigenvalue weighted by Gasteiger charge is 2.22. The van der Waals surface area contributed by atoms with Crippen LogP contribution >= 0.6 is 0 Å². The molecule has 0 saturated heterocycles. The second-order valence-corrected chi connectivity index (χ2v) is 5.37. The van der Waals surface area contributed by atoms with Crippen LogP contribution in [0.25, 0.3) is 10.9 Å². The molecule has 0 N–H and O–H groups in total. The van der Waals surface area contributed by atoms with Crippen molar-refractivity contribution in [2.75, 3.05) is 13.5 Å². The van der Waals surface area contributed by atoms with Crippen LogP contribution in [0.15, 0.2) is 36.5 Å². The lowest BCUT2D eigenvalue weighted by Gasteiger charge is -2.24. The maximum Gasteiger partial charge on any atom is 0.0501 e. The molecule has 1 aliphatic heterocycles. The Hall–Kier alpha value is -2.13. The molecule has 3 heteroatoms. The van der Waals surface area contributed by atoms with Crippen LogP contribution in [0, 0.1) is 13.7 Å². The monoisotopic (exact) mass is 335 g/mol. The van der Waals surface area contributed by atoms with Crippen LogP contribution in [-0.2, 0) is 25.7 Å². The minimum absolute atomic E-state index is 0.226. The van der Waals surface area contributed by atoms with Gasteiger partial charge in [0.15, 0.2) is 0 Å². The highest BCUT2D eigenvalue weighted by Crippen LogP contribution is 2.31. The fourth-order valence-corrected chi connectivity index (χ4v) is 2.56. The van der Waals surface area contributed by atoms with Crippen molar-refractivity contribution in [3.05, 3.63) is 64.6 Å². The molecule has 24 heavy (non-hydrogen) atoms. The van der Waals surface area contributed by atoms with E-state index in [1.54, 1.807) is 0 Å². The molecule has 0 spiro atoms. The Balaban J connectivity index is 2.12. The van der Waals surface area contributed by atoms with E-state index in [-0.39, 0.29) is 22.2 Å². The van der Waals surface area contributed by atoms with Crippen molar-refractivity contribution in [2.45, 2.75) is 39.4 Å². The smallest absolute Gasteiger partial charge is 0.0501 e. The molecule has 0 bridgehead atoms. The van der Waals surface area contributed by atoms with Gasteiger partial charge in [0, 0.05) is 73.5 Å². The molecule has 0 saturated carbocycles. The molecule has 3 heterocycles. The number of aromatic nitrogens is 2. The zero-order valence-corrected chi connectivity index (χ0v) is 12.8. The zero-order chi connectivity index (χ0) is 30.6. The van der Waals surface area contributed by atoms with E-state index < -0.39 is 62.8 Å². The maximum atomic E-state index is 8.96. The molecule has 4 rings (SSSR count). The van der Waals surface area contributed by atoms with Crippen LogP contribution in [-0.4, -0.2) is 28.0 Å². The number of hydrogen-bond donors (Lipinski definition) is 0. The van der Waals surface area contributed by atoms with E-state index in [2.05, 4.69) is 4.98 Å². The van der Waals surface area contributed by atoms with Crippen LogP contribution < -0.4 is 0 Å². The quantitative estimate of drug-likeness (QED) is 0.724. The molecule has 0 radical (unpaired) electrons. The SMILES string of the molecule is [2H]C([2H])([2H])c1ccc2c(c1)c1c(n2C([2H])([2H])C([2H])([2H])c2ccc(C([2H])([2H])[2H])nc2)C([2H])([2H])C([2H])([2H])N(C)C1([2H])[2H]. The largest absolute Gasteiger partial charge is 0.344 e. The molecule has 0 fully saturated rings. The maximum absolute atomic E-state index is 8.96. The summed E-state index contributed by atoms with van der Waals surface area (Å²) in [7, 11) is 1.00. The molecular weight excluding hydrogens is 294 g/mol. The van der Waals surface area contributed by atoms with Gasteiger partial charge in [0.1, 0.15) is 0 Å². The third-order valence-corrected chi connectivity index (χ3v) is 3.66. The number of fused-ring (bicyclic) bond motifs is 3. The zero-order valence-electron chi connectivity index (χ0n) is 28.8. The second kappa shape index (κ2) is 6.06. The Kier molecular flexibility index (Phi) is 1.44. The molecule has 0 atom stereocenters. The van der Waals surface area contributed by atoms with Crippen molar-refractivity contribution in [3.8, 4) is 0 Å². The summed E-state index contributed by atoms with van der Waals surface area (Å²) in [5.74, 6) is 0. The van der Waals surface area contributed by atoms with Gasteiger partial charge in [-0.3, -0.25) is 4.98 Å². The van der Waals surface area contributed by atoms with Crippen LogP contribution in [0.5, 0.6) is 0 Å². The Bertz CT molecular complexity index is 1460. The van der Waals surface area contributed by atoms with Gasteiger partial charge in [0.05, 0.1) is 2.74 Å². The molecule has 1 aromatic carbocycles. The van der Waals surface area contributed by atoms with E-state index in [1.165, 1.54) is 0 Å². The first-order valence-corrected chi connectivity index (χ1v) is 7.23. The van der Waals surface area contributed by atoms with Crippen molar-refractivity contribution in [1.29, 1.82) is 0 Å². The van der Waals surface area contributed by atoms with E-state index >= 15 is 0 Å². The van der Waals surface area contributed by atoms with Crippen molar-refractivity contribution >= 4 is 10.9 Å². The normalized spacial score (nSPS) is 33.4. The summed E-state index contributed by atoms with van der Waals surface area (Å²) in [4.78, 5) is 4.24. The lowest BCUT2D eigenvalue weighted by Crippen LogP contribution is -2.27. The fraction of sp³-hybridized carbons (Fsp3) is 0.381. The van der Waals surface area contributed by atoms with Crippen LogP contribution in [0.2, 0.25) is 0 Å². The van der Waals surface area contributed by atoms with E-state index in [4.69, 9.17) is 21.9 Å². The molecule has 2 aromatic heterocycles. The van der Waals surface area contributed by atoms with Gasteiger partial charge >= 0.3 is 0 Å². The highest BCUT2D eigenvalue weighted by atomic mass is 15.1. The number of hydrogen-bond acceptors (Lipinski definition) is 2. The summed E-state index contributed by atoms with van der Waals surface area (Å²) in [5, 5.41) is -0.226. The van der Waals surface area contributed by atoms with Crippen molar-refractivity contribution in [3.63, 3.8) is 0 Å². The summed E-state index contributed by atoms with van der Waals surface area (Å²) in [5.41, 5.74) is -2.68. The number of aryl methyl sites for hydroxylation is 4. The predicted octanol–water partition coefficient (Wildman–Crippen LogP) is 3.88. The Labute approximate surface area is 166 Å². The third kappa shape index (κ3) is 2.73. The number of pyridine rings is 1. The molecular formula is C21H25N3. The summed E-state index contributed by atoms with van der Waals surface area (Å²) >= 11 is 0. The van der Waals surface area contributed by atoms with Gasteiger partial charge in [0.2, 0.25) is 0 Å². The summed E-state index contributed by atoms with van der Waals surface area (Å²) in [6.45, 7) is -14.4. The van der Waals surface area contributed by atoms with E-state index in [0.29, 0.717) is 9.47 Å². The summed E-state index contributed by atoms with van der Waals surface area (Å²) < 4.78 is 134. The Morgan fingerprint density at radius 2 is 2.25 bits per heavy atom. The lowest BCUT2D eigenvalue weighted by atomic mass is 10.0. The van der Waals surface area contributed by atoms with Gasteiger partial charge in [-0.25, -0.2) is 0 Å². The van der Waals surface area contributed by atoms with E-state index in [0.717, 1.165) is 43.6 Å². The number of benzene rings is 1. The van der Waals surface area contributed by atoms with Gasteiger partial charge in [-0.1, -0.05) is 17.7 Å². The predicted molar refractivity (Wildman–Crippen MR) is 99.4 cm³/mol.